The smallest absolute Gasteiger partial charge is 0.410 e. The van der Waals surface area contributed by atoms with Crippen LogP contribution in [0.5, 0.6) is 0 Å². The van der Waals surface area contributed by atoms with Crippen LogP contribution in [0.25, 0.3) is 0 Å². The van der Waals surface area contributed by atoms with Crippen LogP contribution in [0.3, 0.4) is 0 Å². The zero-order valence-corrected chi connectivity index (χ0v) is 23.5. The van der Waals surface area contributed by atoms with Gasteiger partial charge in [-0.15, -0.1) is 0 Å². The normalized spacial score (nSPS) is 27.8. The third kappa shape index (κ3) is 9.58. The van der Waals surface area contributed by atoms with Crippen molar-refractivity contribution in [2.45, 2.75) is 104 Å². The summed E-state index contributed by atoms with van der Waals surface area (Å²) in [5.74, 6) is -0.275. The summed E-state index contributed by atoms with van der Waals surface area (Å²) in [5.41, 5.74) is 1.61. The van der Waals surface area contributed by atoms with Crippen molar-refractivity contribution in [3.8, 4) is 0 Å². The molecule has 2 atom stereocenters. The van der Waals surface area contributed by atoms with Gasteiger partial charge in [0.15, 0.2) is 6.29 Å². The van der Waals surface area contributed by atoms with Crippen LogP contribution >= 0.6 is 0 Å². The van der Waals surface area contributed by atoms with Gasteiger partial charge in [-0.05, 0) is 78.7 Å². The Morgan fingerprint density at radius 2 is 1.81 bits per heavy atom. The molecule has 208 valence electrons. The van der Waals surface area contributed by atoms with Crippen molar-refractivity contribution in [1.82, 2.24) is 10.2 Å². The highest BCUT2D eigenvalue weighted by Gasteiger charge is 2.51. The molecule has 2 aliphatic heterocycles. The van der Waals surface area contributed by atoms with Crippen LogP contribution in [0.4, 0.5) is 4.79 Å². The summed E-state index contributed by atoms with van der Waals surface area (Å²) in [7, 11) is 0. The molecule has 3 rings (SSSR count). The molecule has 3 fully saturated rings. The number of carbonyl (C=O) groups excluding carboxylic acids is 2. The number of hydrogen-bond donors (Lipinski definition) is 1. The average molecular weight is 519 g/mol. The van der Waals surface area contributed by atoms with Crippen LogP contribution < -0.4 is 5.32 Å². The van der Waals surface area contributed by atoms with Crippen LogP contribution in [0, 0.1) is 5.41 Å². The van der Waals surface area contributed by atoms with Crippen molar-refractivity contribution >= 4 is 12.0 Å². The van der Waals surface area contributed by atoms with Gasteiger partial charge in [0.25, 0.3) is 0 Å². The van der Waals surface area contributed by atoms with Gasteiger partial charge >= 0.3 is 6.09 Å². The lowest BCUT2D eigenvalue weighted by molar-refractivity contribution is -0.187. The van der Waals surface area contributed by atoms with E-state index in [4.69, 9.17) is 18.9 Å². The summed E-state index contributed by atoms with van der Waals surface area (Å²) in [5, 5.41) is 2.87. The van der Waals surface area contributed by atoms with Crippen LogP contribution in [0.2, 0.25) is 0 Å². The second-order valence-electron chi connectivity index (χ2n) is 11.3. The highest BCUT2D eigenvalue weighted by atomic mass is 16.7. The summed E-state index contributed by atoms with van der Waals surface area (Å²) in [4.78, 5) is 25.8. The minimum atomic E-state index is -0.503. The van der Waals surface area contributed by atoms with E-state index in [-0.39, 0.29) is 36.0 Å². The van der Waals surface area contributed by atoms with E-state index in [1.165, 1.54) is 25.3 Å². The standard InChI is InChI=1S/C29H46N2O6/c1-7-31(8-2)27(33)36-22(4)11-13-25(32)30-23-18-34-26(35-19-23)14-10-21(3)9-12-24-17-29(15-16-29)20-28(5,6)37-24/h9-13,22-24,26H,7-8,14-20H2,1-6H3,(H,30,32)/b12-9+,13-11-,21-10+/t22-,23-,24+,26+/m0/s1. The average Bonchev–Trinajstić information content (AvgIpc) is 3.58. The van der Waals surface area contributed by atoms with Gasteiger partial charge in [-0.1, -0.05) is 23.8 Å². The van der Waals surface area contributed by atoms with Crippen molar-refractivity contribution < 1.29 is 28.5 Å². The van der Waals surface area contributed by atoms with Crippen LogP contribution in [-0.4, -0.2) is 73.3 Å². The fourth-order valence-electron chi connectivity index (χ4n) is 5.16. The Bertz CT molecular complexity index is 858. The minimum absolute atomic E-state index is 0.0524. The third-order valence-electron chi connectivity index (χ3n) is 7.21. The maximum absolute atomic E-state index is 12.2. The molecular formula is C29H46N2O6. The van der Waals surface area contributed by atoms with Gasteiger partial charge in [0.05, 0.1) is 31.0 Å². The Labute approximate surface area is 222 Å². The van der Waals surface area contributed by atoms with E-state index < -0.39 is 6.10 Å². The predicted molar refractivity (Wildman–Crippen MR) is 143 cm³/mol. The van der Waals surface area contributed by atoms with Gasteiger partial charge in [0.2, 0.25) is 5.91 Å². The quantitative estimate of drug-likeness (QED) is 0.327. The van der Waals surface area contributed by atoms with Crippen molar-refractivity contribution in [1.29, 1.82) is 0 Å². The molecule has 1 aliphatic carbocycles. The molecule has 1 spiro atoms. The fraction of sp³-hybridized carbons (Fsp3) is 0.724. The number of rotatable bonds is 10. The Morgan fingerprint density at radius 1 is 1.14 bits per heavy atom. The molecule has 0 unspecified atom stereocenters. The van der Waals surface area contributed by atoms with E-state index in [2.05, 4.69) is 44.3 Å². The van der Waals surface area contributed by atoms with Crippen molar-refractivity contribution in [2.24, 2.45) is 5.41 Å². The molecule has 1 N–H and O–H groups in total. The van der Waals surface area contributed by atoms with E-state index in [0.29, 0.717) is 38.1 Å². The minimum Gasteiger partial charge on any atom is -0.442 e. The second kappa shape index (κ2) is 13.1. The lowest BCUT2D eigenvalue weighted by Crippen LogP contribution is -2.46. The summed E-state index contributed by atoms with van der Waals surface area (Å²) in [6.07, 6.45) is 13.9. The van der Waals surface area contributed by atoms with Crippen molar-refractivity contribution in [2.75, 3.05) is 26.3 Å². The first kappa shape index (κ1) is 29.4. The van der Waals surface area contributed by atoms with E-state index in [1.807, 2.05) is 13.8 Å². The number of nitrogens with one attached hydrogen (secondary N) is 1. The van der Waals surface area contributed by atoms with Crippen molar-refractivity contribution in [3.63, 3.8) is 0 Å². The van der Waals surface area contributed by atoms with Gasteiger partial charge in [0.1, 0.15) is 6.10 Å². The number of nitrogens with zero attached hydrogens (tertiary/aromatic N) is 1. The van der Waals surface area contributed by atoms with Crippen LogP contribution in [0.15, 0.2) is 36.0 Å². The zero-order chi connectivity index (χ0) is 27.1. The molecule has 0 radical (unpaired) electrons. The number of ether oxygens (including phenoxy) is 4. The van der Waals surface area contributed by atoms with Gasteiger partial charge in [-0.3, -0.25) is 4.79 Å². The molecular weight excluding hydrogens is 472 g/mol. The molecule has 2 saturated heterocycles. The summed E-state index contributed by atoms with van der Waals surface area (Å²) in [6, 6.07) is -0.228. The molecule has 8 nitrogen and oxygen atoms in total. The largest absolute Gasteiger partial charge is 0.442 e. The second-order valence-corrected chi connectivity index (χ2v) is 11.3. The first-order valence-corrected chi connectivity index (χ1v) is 13.7. The van der Waals surface area contributed by atoms with Crippen molar-refractivity contribution in [3.05, 3.63) is 36.0 Å². The highest BCUT2D eigenvalue weighted by molar-refractivity contribution is 5.87. The third-order valence-corrected chi connectivity index (χ3v) is 7.21. The van der Waals surface area contributed by atoms with Gasteiger partial charge in [-0.25, -0.2) is 4.79 Å². The molecule has 0 aromatic heterocycles. The van der Waals surface area contributed by atoms with E-state index in [1.54, 1.807) is 17.9 Å². The van der Waals surface area contributed by atoms with E-state index >= 15 is 0 Å². The molecule has 37 heavy (non-hydrogen) atoms. The Hall–Kier alpha value is -2.16. The topological polar surface area (TPSA) is 86.3 Å². The molecule has 2 heterocycles. The number of amides is 2. The molecule has 2 amide bonds. The molecule has 3 aliphatic rings. The SMILES string of the molecule is CCN(CC)C(=O)O[C@@H](C)/C=C\C(=O)N[C@H]1CO[C@@H](C/C=C(C)/C=C/[C@@H]2CC3(CC3)CC(C)(C)O2)OC1. The Kier molecular flexibility index (Phi) is 10.4. The fourth-order valence-corrected chi connectivity index (χ4v) is 5.16. The Morgan fingerprint density at radius 3 is 2.43 bits per heavy atom. The number of hydrogen-bond acceptors (Lipinski definition) is 6. The summed E-state index contributed by atoms with van der Waals surface area (Å²) < 4.78 is 23.2. The van der Waals surface area contributed by atoms with E-state index in [9.17, 15) is 9.59 Å². The zero-order valence-electron chi connectivity index (χ0n) is 23.5. The van der Waals surface area contributed by atoms with Crippen LogP contribution in [-0.2, 0) is 23.7 Å². The molecule has 0 aromatic carbocycles. The molecule has 0 bridgehead atoms. The summed E-state index contributed by atoms with van der Waals surface area (Å²) >= 11 is 0. The van der Waals surface area contributed by atoms with Gasteiger partial charge in [0, 0.05) is 25.6 Å². The molecule has 0 aromatic rings. The van der Waals surface area contributed by atoms with Gasteiger partial charge in [-0.2, -0.15) is 0 Å². The number of carbonyl (C=O) groups is 2. The maximum Gasteiger partial charge on any atom is 0.410 e. The predicted octanol–water partition coefficient (Wildman–Crippen LogP) is 4.90. The Balaban J connectivity index is 1.34. The van der Waals surface area contributed by atoms with E-state index in [0.717, 1.165) is 12.0 Å². The first-order valence-electron chi connectivity index (χ1n) is 13.7. The monoisotopic (exact) mass is 518 g/mol. The lowest BCUT2D eigenvalue weighted by atomic mass is 9.82. The molecule has 1 saturated carbocycles. The number of allylic oxidation sites excluding steroid dienone is 2. The maximum atomic E-state index is 12.2. The molecule has 8 heteroatoms. The first-order chi connectivity index (χ1) is 17.5. The highest BCUT2D eigenvalue weighted by Crippen LogP contribution is 2.58. The van der Waals surface area contributed by atoms with Gasteiger partial charge < -0.3 is 29.2 Å². The summed E-state index contributed by atoms with van der Waals surface area (Å²) in [6.45, 7) is 13.9. The lowest BCUT2D eigenvalue weighted by Gasteiger charge is -2.40. The van der Waals surface area contributed by atoms with Crippen LogP contribution in [0.1, 0.15) is 73.6 Å².